The number of aliphatic hydroxyl groups is 1. The molecule has 0 spiro atoms. The fourth-order valence-electron chi connectivity index (χ4n) is 1.39. The fourth-order valence-corrected chi connectivity index (χ4v) is 1.72. The lowest BCUT2D eigenvalue weighted by Crippen LogP contribution is -2.35. The van der Waals surface area contributed by atoms with Gasteiger partial charge in [0.25, 0.3) is 5.91 Å². The van der Waals surface area contributed by atoms with Crippen molar-refractivity contribution in [1.29, 1.82) is 0 Å². The molecule has 0 aliphatic carbocycles. The lowest BCUT2D eigenvalue weighted by atomic mass is 10.2. The number of H-pyrrole nitrogens is 1. The van der Waals surface area contributed by atoms with Crippen LogP contribution in [0.2, 0.25) is 0 Å². The highest BCUT2D eigenvalue weighted by molar-refractivity contribution is 9.10. The number of amides is 1. The molecule has 0 saturated heterocycles. The first-order chi connectivity index (χ1) is 8.11. The van der Waals surface area contributed by atoms with E-state index in [9.17, 15) is 4.79 Å². The Bertz CT molecular complexity index is 554. The van der Waals surface area contributed by atoms with E-state index in [0.717, 1.165) is 4.47 Å². The average molecular weight is 299 g/mol. The molecule has 0 radical (unpaired) electrons. The number of aromatic amines is 1. The van der Waals surface area contributed by atoms with Crippen molar-refractivity contribution < 1.29 is 9.90 Å². The number of fused-ring (bicyclic) bond motifs is 1. The molecule has 6 nitrogen and oxygen atoms in total. The molecular formula is C10H11BrN4O2. The first-order valence-electron chi connectivity index (χ1n) is 5.03. The third-order valence-corrected chi connectivity index (χ3v) is 2.69. The fraction of sp³-hybridized carbons (Fsp3) is 0.300. The Balaban J connectivity index is 2.35. The van der Waals surface area contributed by atoms with Crippen LogP contribution in [-0.4, -0.2) is 38.8 Å². The van der Waals surface area contributed by atoms with Crippen molar-refractivity contribution in [2.45, 2.75) is 13.0 Å². The largest absolute Gasteiger partial charge is 0.394 e. The number of carbonyl (C=O) groups excluding carboxylic acids is 1. The van der Waals surface area contributed by atoms with Gasteiger partial charge in [-0.05, 0) is 28.9 Å². The molecule has 17 heavy (non-hydrogen) atoms. The van der Waals surface area contributed by atoms with Crippen LogP contribution in [0.4, 0.5) is 0 Å². The molecule has 0 fully saturated rings. The Labute approximate surface area is 106 Å². The van der Waals surface area contributed by atoms with Crippen LogP contribution in [0.3, 0.4) is 0 Å². The van der Waals surface area contributed by atoms with Crippen molar-refractivity contribution in [2.75, 3.05) is 6.61 Å². The molecule has 0 bridgehead atoms. The number of hydrogen-bond donors (Lipinski definition) is 3. The Kier molecular flexibility index (Phi) is 3.39. The molecule has 0 aromatic carbocycles. The van der Waals surface area contributed by atoms with Crippen molar-refractivity contribution in [1.82, 2.24) is 20.5 Å². The van der Waals surface area contributed by atoms with E-state index in [-0.39, 0.29) is 18.6 Å². The molecule has 0 aliphatic heterocycles. The number of hydrogen-bond acceptors (Lipinski definition) is 4. The third-order valence-electron chi connectivity index (χ3n) is 2.25. The van der Waals surface area contributed by atoms with Gasteiger partial charge < -0.3 is 10.4 Å². The van der Waals surface area contributed by atoms with Gasteiger partial charge in [0.15, 0.2) is 5.65 Å². The second-order valence-electron chi connectivity index (χ2n) is 3.68. The second-order valence-corrected chi connectivity index (χ2v) is 4.60. The van der Waals surface area contributed by atoms with Gasteiger partial charge in [0, 0.05) is 16.7 Å². The van der Waals surface area contributed by atoms with E-state index in [1.165, 1.54) is 0 Å². The molecule has 90 valence electrons. The van der Waals surface area contributed by atoms with E-state index in [2.05, 4.69) is 36.4 Å². The van der Waals surface area contributed by atoms with Gasteiger partial charge in [-0.1, -0.05) is 0 Å². The van der Waals surface area contributed by atoms with Gasteiger partial charge in [-0.25, -0.2) is 4.98 Å². The number of nitrogens with zero attached hydrogens (tertiary/aromatic N) is 2. The Morgan fingerprint density at radius 1 is 1.71 bits per heavy atom. The van der Waals surface area contributed by atoms with Gasteiger partial charge in [-0.2, -0.15) is 5.10 Å². The second kappa shape index (κ2) is 4.80. The first kappa shape index (κ1) is 12.0. The predicted molar refractivity (Wildman–Crippen MR) is 65.6 cm³/mol. The van der Waals surface area contributed by atoms with Crippen LogP contribution in [-0.2, 0) is 0 Å². The Hall–Kier alpha value is -1.47. The highest BCUT2D eigenvalue weighted by Crippen LogP contribution is 2.18. The third kappa shape index (κ3) is 2.45. The van der Waals surface area contributed by atoms with Gasteiger partial charge in [0.05, 0.1) is 12.0 Å². The SMILES string of the molecule is CC(CO)NC(=O)c1[nH]nc2ncc(Br)cc12. The zero-order valence-corrected chi connectivity index (χ0v) is 10.7. The number of aliphatic hydroxyl groups excluding tert-OH is 1. The molecule has 1 atom stereocenters. The molecule has 2 rings (SSSR count). The van der Waals surface area contributed by atoms with Crippen LogP contribution in [0.15, 0.2) is 16.7 Å². The lowest BCUT2D eigenvalue weighted by Gasteiger charge is -2.09. The molecule has 1 amide bonds. The smallest absolute Gasteiger partial charge is 0.270 e. The summed E-state index contributed by atoms with van der Waals surface area (Å²) in [6.45, 7) is 1.60. The van der Waals surface area contributed by atoms with E-state index >= 15 is 0 Å². The maximum atomic E-state index is 11.9. The molecule has 0 aliphatic rings. The van der Waals surface area contributed by atoms with Crippen LogP contribution < -0.4 is 5.32 Å². The molecule has 2 aromatic rings. The topological polar surface area (TPSA) is 90.9 Å². The number of halogens is 1. The normalized spacial score (nSPS) is 12.6. The average Bonchev–Trinajstić information content (AvgIpc) is 2.71. The van der Waals surface area contributed by atoms with Crippen molar-refractivity contribution in [3.8, 4) is 0 Å². The van der Waals surface area contributed by atoms with Gasteiger partial charge in [0.2, 0.25) is 0 Å². The molecule has 2 heterocycles. The monoisotopic (exact) mass is 298 g/mol. The summed E-state index contributed by atoms with van der Waals surface area (Å²) in [6, 6.07) is 1.46. The summed E-state index contributed by atoms with van der Waals surface area (Å²) in [4.78, 5) is 15.9. The van der Waals surface area contributed by atoms with E-state index in [1.807, 2.05) is 0 Å². The van der Waals surface area contributed by atoms with Crippen molar-refractivity contribution in [2.24, 2.45) is 0 Å². The summed E-state index contributed by atoms with van der Waals surface area (Å²) in [6.07, 6.45) is 1.61. The van der Waals surface area contributed by atoms with E-state index < -0.39 is 0 Å². The summed E-state index contributed by atoms with van der Waals surface area (Å²) in [5.41, 5.74) is 0.823. The highest BCUT2D eigenvalue weighted by atomic mass is 79.9. The molecule has 2 aromatic heterocycles. The molecule has 7 heteroatoms. The Morgan fingerprint density at radius 2 is 2.47 bits per heavy atom. The standard InChI is InChI=1S/C10H11BrN4O2/c1-5(4-16)13-10(17)8-7-2-6(11)3-12-9(7)15-14-8/h2-3,5,16H,4H2,1H3,(H,13,17)(H,12,14,15). The number of nitrogens with one attached hydrogen (secondary N) is 2. The summed E-state index contributed by atoms with van der Waals surface area (Å²) in [5, 5.41) is 18.7. The van der Waals surface area contributed by atoms with Gasteiger partial charge in [-0.3, -0.25) is 9.89 Å². The van der Waals surface area contributed by atoms with Crippen LogP contribution in [0.5, 0.6) is 0 Å². The van der Waals surface area contributed by atoms with E-state index in [0.29, 0.717) is 16.7 Å². The zero-order chi connectivity index (χ0) is 12.4. The van der Waals surface area contributed by atoms with Gasteiger partial charge >= 0.3 is 0 Å². The van der Waals surface area contributed by atoms with Crippen molar-refractivity contribution in [3.63, 3.8) is 0 Å². The van der Waals surface area contributed by atoms with E-state index in [1.54, 1.807) is 19.2 Å². The first-order valence-corrected chi connectivity index (χ1v) is 5.82. The van der Waals surface area contributed by atoms with Crippen LogP contribution in [0.25, 0.3) is 11.0 Å². The van der Waals surface area contributed by atoms with Crippen LogP contribution in [0.1, 0.15) is 17.4 Å². The Morgan fingerprint density at radius 3 is 3.18 bits per heavy atom. The summed E-state index contributed by atoms with van der Waals surface area (Å²) in [5.74, 6) is -0.311. The minimum Gasteiger partial charge on any atom is -0.394 e. The maximum Gasteiger partial charge on any atom is 0.270 e. The number of pyridine rings is 1. The van der Waals surface area contributed by atoms with E-state index in [4.69, 9.17) is 5.11 Å². The van der Waals surface area contributed by atoms with Gasteiger partial charge in [0.1, 0.15) is 5.69 Å². The minimum absolute atomic E-state index is 0.111. The number of rotatable bonds is 3. The molecule has 1 unspecified atom stereocenters. The minimum atomic E-state index is -0.311. The van der Waals surface area contributed by atoms with Crippen molar-refractivity contribution >= 4 is 32.9 Å². The molecular weight excluding hydrogens is 288 g/mol. The summed E-state index contributed by atoms with van der Waals surface area (Å²) >= 11 is 3.29. The van der Waals surface area contributed by atoms with Crippen LogP contribution >= 0.6 is 15.9 Å². The maximum absolute atomic E-state index is 11.9. The predicted octanol–water partition coefficient (Wildman–Crippen LogP) is 0.831. The van der Waals surface area contributed by atoms with Crippen molar-refractivity contribution in [3.05, 3.63) is 22.4 Å². The number of aromatic nitrogens is 3. The molecule has 0 saturated carbocycles. The zero-order valence-electron chi connectivity index (χ0n) is 9.07. The summed E-state index contributed by atoms with van der Waals surface area (Å²) in [7, 11) is 0. The van der Waals surface area contributed by atoms with Gasteiger partial charge in [-0.15, -0.1) is 0 Å². The molecule has 3 N–H and O–H groups in total. The highest BCUT2D eigenvalue weighted by Gasteiger charge is 2.15. The number of carbonyl (C=O) groups is 1. The van der Waals surface area contributed by atoms with Crippen LogP contribution in [0, 0.1) is 0 Å². The summed E-state index contributed by atoms with van der Waals surface area (Å²) < 4.78 is 0.774. The lowest BCUT2D eigenvalue weighted by molar-refractivity contribution is 0.0919. The quantitative estimate of drug-likeness (QED) is 0.783.